The van der Waals surface area contributed by atoms with E-state index in [1.165, 1.54) is 24.0 Å². The molecular weight excluding hydrogens is 386 g/mol. The minimum absolute atomic E-state index is 0.0333. The normalized spacial score (nSPS) is 18.5. The Kier molecular flexibility index (Phi) is 7.25. The van der Waals surface area contributed by atoms with Gasteiger partial charge in [0, 0.05) is 44.3 Å². The summed E-state index contributed by atoms with van der Waals surface area (Å²) in [6.07, 6.45) is 3.38. The predicted octanol–water partition coefficient (Wildman–Crippen LogP) is 3.76. The van der Waals surface area contributed by atoms with Gasteiger partial charge in [0.15, 0.2) is 0 Å². The van der Waals surface area contributed by atoms with Crippen molar-refractivity contribution in [1.29, 1.82) is 0 Å². The molecule has 166 valence electrons. The zero-order valence-electron chi connectivity index (χ0n) is 18.8. The number of ether oxygens (including phenoxy) is 1. The third kappa shape index (κ3) is 6.31. The highest BCUT2D eigenvalue weighted by Gasteiger charge is 2.22. The minimum Gasteiger partial charge on any atom is -0.493 e. The standard InChI is InChI=1S/C26H35N3O2/c1-20(29-17-15-28(2)16-18-29)23-7-5-21(6-8-23)13-14-27-26(30)24-9-11-25(12-10-24)31-19-22-3-4-22/h5-12,20,22H,3-4,13-19H2,1-2H3,(H,27,30). The Bertz CT molecular complexity index is 838. The average molecular weight is 422 g/mol. The quantitative estimate of drug-likeness (QED) is 0.670. The average Bonchev–Trinajstić information content (AvgIpc) is 3.63. The largest absolute Gasteiger partial charge is 0.493 e. The van der Waals surface area contributed by atoms with Gasteiger partial charge in [-0.25, -0.2) is 0 Å². The molecule has 0 radical (unpaired) electrons. The van der Waals surface area contributed by atoms with Crippen LogP contribution in [0.5, 0.6) is 5.75 Å². The topological polar surface area (TPSA) is 44.8 Å². The maximum absolute atomic E-state index is 12.4. The molecule has 5 nitrogen and oxygen atoms in total. The smallest absolute Gasteiger partial charge is 0.251 e. The van der Waals surface area contributed by atoms with E-state index in [4.69, 9.17) is 4.74 Å². The molecule has 1 unspecified atom stereocenters. The first-order chi connectivity index (χ1) is 15.1. The summed E-state index contributed by atoms with van der Waals surface area (Å²) < 4.78 is 5.74. The van der Waals surface area contributed by atoms with Crippen LogP contribution in [0.2, 0.25) is 0 Å². The first-order valence-corrected chi connectivity index (χ1v) is 11.6. The van der Waals surface area contributed by atoms with Crippen LogP contribution in [0.4, 0.5) is 0 Å². The van der Waals surface area contributed by atoms with Gasteiger partial charge in [-0.15, -0.1) is 0 Å². The number of nitrogens with one attached hydrogen (secondary N) is 1. The van der Waals surface area contributed by atoms with E-state index in [-0.39, 0.29) is 5.91 Å². The van der Waals surface area contributed by atoms with E-state index in [1.807, 2.05) is 24.3 Å². The Balaban J connectivity index is 1.20. The van der Waals surface area contributed by atoms with Crippen molar-refractivity contribution in [3.63, 3.8) is 0 Å². The lowest BCUT2D eigenvalue weighted by molar-refractivity contribution is 0.0954. The molecule has 1 aliphatic carbocycles. The van der Waals surface area contributed by atoms with Gasteiger partial charge in [0.2, 0.25) is 0 Å². The van der Waals surface area contributed by atoms with Crippen LogP contribution in [0.1, 0.15) is 47.3 Å². The van der Waals surface area contributed by atoms with Crippen molar-refractivity contribution in [2.24, 2.45) is 5.92 Å². The number of rotatable bonds is 9. The summed E-state index contributed by atoms with van der Waals surface area (Å²) in [6.45, 7) is 8.24. The molecule has 1 N–H and O–H groups in total. The van der Waals surface area contributed by atoms with Crippen molar-refractivity contribution < 1.29 is 9.53 Å². The lowest BCUT2D eigenvalue weighted by atomic mass is 10.0. The van der Waals surface area contributed by atoms with Crippen molar-refractivity contribution in [3.05, 3.63) is 65.2 Å². The van der Waals surface area contributed by atoms with E-state index in [1.54, 1.807) is 0 Å². The molecule has 2 aromatic rings. The highest BCUT2D eigenvalue weighted by Crippen LogP contribution is 2.29. The molecule has 4 rings (SSSR count). The van der Waals surface area contributed by atoms with Gasteiger partial charge in [0.25, 0.3) is 5.91 Å². The minimum atomic E-state index is -0.0333. The molecule has 1 heterocycles. The van der Waals surface area contributed by atoms with Crippen LogP contribution in [-0.4, -0.2) is 62.1 Å². The Morgan fingerprint density at radius 3 is 2.35 bits per heavy atom. The summed E-state index contributed by atoms with van der Waals surface area (Å²) >= 11 is 0. The van der Waals surface area contributed by atoms with E-state index in [0.29, 0.717) is 18.2 Å². The molecule has 2 fully saturated rings. The number of hydrogen-bond acceptors (Lipinski definition) is 4. The van der Waals surface area contributed by atoms with Crippen LogP contribution in [0.3, 0.4) is 0 Å². The highest BCUT2D eigenvalue weighted by atomic mass is 16.5. The van der Waals surface area contributed by atoms with E-state index in [9.17, 15) is 4.79 Å². The molecule has 31 heavy (non-hydrogen) atoms. The molecule has 1 amide bonds. The molecule has 0 spiro atoms. The van der Waals surface area contributed by atoms with Gasteiger partial charge in [-0.1, -0.05) is 24.3 Å². The van der Waals surface area contributed by atoms with Gasteiger partial charge in [0.05, 0.1) is 6.61 Å². The Labute approximate surface area is 186 Å². The third-order valence-corrected chi connectivity index (χ3v) is 6.55. The fourth-order valence-electron chi connectivity index (χ4n) is 4.01. The van der Waals surface area contributed by atoms with Crippen molar-refractivity contribution in [2.45, 2.75) is 32.2 Å². The first kappa shape index (κ1) is 21.8. The number of amides is 1. The van der Waals surface area contributed by atoms with Crippen LogP contribution in [0.15, 0.2) is 48.5 Å². The summed E-state index contributed by atoms with van der Waals surface area (Å²) in [5, 5.41) is 3.03. The van der Waals surface area contributed by atoms with E-state index < -0.39 is 0 Å². The van der Waals surface area contributed by atoms with Crippen LogP contribution < -0.4 is 10.1 Å². The number of carbonyl (C=O) groups excluding carboxylic acids is 1. The third-order valence-electron chi connectivity index (χ3n) is 6.55. The van der Waals surface area contributed by atoms with Crippen molar-refractivity contribution in [2.75, 3.05) is 46.4 Å². The van der Waals surface area contributed by atoms with Gasteiger partial charge < -0.3 is 15.0 Å². The number of nitrogens with zero attached hydrogens (tertiary/aromatic N) is 2. The fourth-order valence-corrected chi connectivity index (χ4v) is 4.01. The van der Waals surface area contributed by atoms with Crippen molar-refractivity contribution in [3.8, 4) is 5.75 Å². The summed E-state index contributed by atoms with van der Waals surface area (Å²) in [5.41, 5.74) is 3.29. The van der Waals surface area contributed by atoms with Crippen LogP contribution in [-0.2, 0) is 6.42 Å². The summed E-state index contributed by atoms with van der Waals surface area (Å²) in [6, 6.07) is 16.8. The summed E-state index contributed by atoms with van der Waals surface area (Å²) in [7, 11) is 2.19. The zero-order chi connectivity index (χ0) is 21.6. The van der Waals surface area contributed by atoms with Gasteiger partial charge in [-0.05, 0) is 74.5 Å². The van der Waals surface area contributed by atoms with E-state index in [2.05, 4.69) is 53.4 Å². The van der Waals surface area contributed by atoms with Crippen LogP contribution >= 0.6 is 0 Å². The molecule has 5 heteroatoms. The maximum Gasteiger partial charge on any atom is 0.251 e. The molecule has 1 saturated heterocycles. The van der Waals surface area contributed by atoms with E-state index in [0.717, 1.165) is 50.9 Å². The Morgan fingerprint density at radius 2 is 1.71 bits per heavy atom. The van der Waals surface area contributed by atoms with Crippen molar-refractivity contribution in [1.82, 2.24) is 15.1 Å². The second-order valence-electron chi connectivity index (χ2n) is 9.04. The molecule has 2 aromatic carbocycles. The monoisotopic (exact) mass is 421 g/mol. The molecule has 2 aliphatic rings. The lowest BCUT2D eigenvalue weighted by Crippen LogP contribution is -2.45. The zero-order valence-corrected chi connectivity index (χ0v) is 18.8. The second-order valence-corrected chi connectivity index (χ2v) is 9.04. The number of hydrogen-bond donors (Lipinski definition) is 1. The SMILES string of the molecule is CC(c1ccc(CCNC(=O)c2ccc(OCC3CC3)cc2)cc1)N1CCN(C)CC1. The first-order valence-electron chi connectivity index (χ1n) is 11.6. The number of likely N-dealkylation sites (N-methyl/N-ethyl adjacent to an activating group) is 1. The number of carbonyl (C=O) groups is 1. The number of benzene rings is 2. The molecule has 0 bridgehead atoms. The van der Waals surface area contributed by atoms with Crippen LogP contribution in [0.25, 0.3) is 0 Å². The Morgan fingerprint density at radius 1 is 1.03 bits per heavy atom. The van der Waals surface area contributed by atoms with Gasteiger partial charge in [-0.3, -0.25) is 9.69 Å². The fraction of sp³-hybridized carbons (Fsp3) is 0.500. The van der Waals surface area contributed by atoms with Gasteiger partial charge >= 0.3 is 0 Å². The van der Waals surface area contributed by atoms with E-state index >= 15 is 0 Å². The predicted molar refractivity (Wildman–Crippen MR) is 125 cm³/mol. The molecule has 1 aliphatic heterocycles. The molecule has 1 saturated carbocycles. The van der Waals surface area contributed by atoms with Crippen molar-refractivity contribution >= 4 is 5.91 Å². The highest BCUT2D eigenvalue weighted by molar-refractivity contribution is 5.94. The lowest BCUT2D eigenvalue weighted by Gasteiger charge is -2.36. The molecular formula is C26H35N3O2. The molecule has 0 aromatic heterocycles. The maximum atomic E-state index is 12.4. The second kappa shape index (κ2) is 10.3. The molecule has 1 atom stereocenters. The van der Waals surface area contributed by atoms with Gasteiger partial charge in [-0.2, -0.15) is 0 Å². The Hall–Kier alpha value is -2.37. The summed E-state index contributed by atoms with van der Waals surface area (Å²) in [5.74, 6) is 1.54. The van der Waals surface area contributed by atoms with Crippen LogP contribution in [0, 0.1) is 5.92 Å². The number of piperazine rings is 1. The summed E-state index contributed by atoms with van der Waals surface area (Å²) in [4.78, 5) is 17.3. The van der Waals surface area contributed by atoms with Gasteiger partial charge in [0.1, 0.15) is 5.75 Å².